The van der Waals surface area contributed by atoms with E-state index in [-0.39, 0.29) is 18.6 Å². The van der Waals surface area contributed by atoms with Crippen molar-refractivity contribution in [2.45, 2.75) is 32.1 Å². The number of benzene rings is 1. The van der Waals surface area contributed by atoms with Crippen LogP contribution in [0.2, 0.25) is 0 Å². The Labute approximate surface area is 239 Å². The standard InChI is InChI=1S/C31H26N8O3/c40-31(17-4-2-1-3-5-17)34-20-12-19(14-32-15-20)21-7-8-23-28(35-21)29(39-38-23)30-36-22-10-11-33-26(27(22)37-30)18-6-9-24-25(13-18)42-16-41-24/h6-15,17H,1-5,16H2,(H,34,40)(H,36,37)(H,38,39). The SMILES string of the molecule is O=C(Nc1cncc(-c2ccc3[nH]nc(-c4nc5c(-c6ccc7c(c6)OCO7)nccc5[nH]4)c3n2)c1)C1CCCCC1. The largest absolute Gasteiger partial charge is 0.454 e. The molecule has 0 spiro atoms. The van der Waals surface area contributed by atoms with Crippen molar-refractivity contribution in [2.75, 3.05) is 12.1 Å². The number of hydrogen-bond acceptors (Lipinski definition) is 8. The number of nitrogens with one attached hydrogen (secondary N) is 3. The van der Waals surface area contributed by atoms with E-state index in [0.717, 1.165) is 53.5 Å². The molecule has 8 rings (SSSR count). The summed E-state index contributed by atoms with van der Waals surface area (Å²) in [6.45, 7) is 0.208. The van der Waals surface area contributed by atoms with Crippen molar-refractivity contribution in [1.82, 2.24) is 35.1 Å². The lowest BCUT2D eigenvalue weighted by Gasteiger charge is -2.20. The highest BCUT2D eigenvalue weighted by atomic mass is 16.7. The van der Waals surface area contributed by atoms with Crippen LogP contribution in [-0.4, -0.2) is 47.8 Å². The Hall–Kier alpha value is -5.32. The van der Waals surface area contributed by atoms with Crippen LogP contribution in [-0.2, 0) is 4.79 Å². The van der Waals surface area contributed by atoms with Crippen LogP contribution in [0.25, 0.3) is 56.1 Å². The molecule has 2 aliphatic rings. The van der Waals surface area contributed by atoms with Gasteiger partial charge in [-0.05, 0) is 55.3 Å². The van der Waals surface area contributed by atoms with Crippen molar-refractivity contribution in [2.24, 2.45) is 5.92 Å². The topological polar surface area (TPSA) is 144 Å². The Balaban J connectivity index is 1.13. The maximum Gasteiger partial charge on any atom is 0.231 e. The first-order valence-electron chi connectivity index (χ1n) is 14.1. The van der Waals surface area contributed by atoms with Gasteiger partial charge in [-0.2, -0.15) is 5.10 Å². The summed E-state index contributed by atoms with van der Waals surface area (Å²) in [5.74, 6) is 2.10. The van der Waals surface area contributed by atoms with E-state index in [0.29, 0.717) is 45.4 Å². The Bertz CT molecular complexity index is 1970. The molecule has 0 bridgehead atoms. The molecule has 1 saturated carbocycles. The smallest absolute Gasteiger partial charge is 0.231 e. The fraction of sp³-hybridized carbons (Fsp3) is 0.226. The van der Waals surface area contributed by atoms with Crippen molar-refractivity contribution in [3.05, 3.63) is 61.1 Å². The number of rotatable bonds is 5. The molecule has 1 aliphatic carbocycles. The van der Waals surface area contributed by atoms with Crippen molar-refractivity contribution in [3.63, 3.8) is 0 Å². The third-order valence-corrected chi connectivity index (χ3v) is 7.96. The molecular weight excluding hydrogens is 532 g/mol. The van der Waals surface area contributed by atoms with Gasteiger partial charge in [0.05, 0.1) is 34.3 Å². The van der Waals surface area contributed by atoms with Crippen LogP contribution >= 0.6 is 0 Å². The lowest BCUT2D eigenvalue weighted by molar-refractivity contribution is -0.120. The van der Waals surface area contributed by atoms with E-state index >= 15 is 0 Å². The zero-order valence-electron chi connectivity index (χ0n) is 22.6. The normalized spacial score (nSPS) is 15.0. The summed E-state index contributed by atoms with van der Waals surface area (Å²) in [4.78, 5) is 35.0. The van der Waals surface area contributed by atoms with E-state index in [1.165, 1.54) is 6.42 Å². The highest BCUT2D eigenvalue weighted by Gasteiger charge is 2.22. The van der Waals surface area contributed by atoms with Crippen molar-refractivity contribution in [1.29, 1.82) is 0 Å². The minimum Gasteiger partial charge on any atom is -0.454 e. The van der Waals surface area contributed by atoms with Crippen LogP contribution in [0, 0.1) is 5.92 Å². The van der Waals surface area contributed by atoms with E-state index in [2.05, 4.69) is 30.5 Å². The molecule has 5 aromatic heterocycles. The van der Waals surface area contributed by atoms with Crippen LogP contribution in [0.3, 0.4) is 0 Å². The summed E-state index contributed by atoms with van der Waals surface area (Å²) in [6, 6.07) is 13.4. The van der Waals surface area contributed by atoms with E-state index in [9.17, 15) is 4.79 Å². The maximum absolute atomic E-state index is 12.8. The molecule has 6 aromatic rings. The van der Waals surface area contributed by atoms with E-state index in [1.807, 2.05) is 42.5 Å². The average Bonchev–Trinajstić information content (AvgIpc) is 3.78. The summed E-state index contributed by atoms with van der Waals surface area (Å²) in [5, 5.41) is 10.7. The molecule has 1 aliphatic heterocycles. The second-order valence-corrected chi connectivity index (χ2v) is 10.7. The lowest BCUT2D eigenvalue weighted by atomic mass is 9.88. The number of ether oxygens (including phenoxy) is 2. The zero-order valence-corrected chi connectivity index (χ0v) is 22.6. The maximum atomic E-state index is 12.8. The van der Waals surface area contributed by atoms with E-state index in [1.54, 1.807) is 18.6 Å². The van der Waals surface area contributed by atoms with Crippen LogP contribution in [0.5, 0.6) is 11.5 Å². The highest BCUT2D eigenvalue weighted by molar-refractivity contribution is 5.96. The number of aromatic nitrogens is 7. The van der Waals surface area contributed by atoms with Gasteiger partial charge in [0.1, 0.15) is 11.0 Å². The number of H-pyrrole nitrogens is 2. The quantitative estimate of drug-likeness (QED) is 0.238. The van der Waals surface area contributed by atoms with Crippen molar-refractivity contribution < 1.29 is 14.3 Å². The molecule has 1 amide bonds. The number of anilines is 1. The molecule has 0 unspecified atom stereocenters. The number of nitrogens with zero attached hydrogens (tertiary/aromatic N) is 5. The highest BCUT2D eigenvalue weighted by Crippen LogP contribution is 2.37. The molecule has 1 aromatic carbocycles. The first kappa shape index (κ1) is 24.5. The van der Waals surface area contributed by atoms with Gasteiger partial charge in [0.15, 0.2) is 23.0 Å². The molecule has 0 saturated heterocycles. The minimum absolute atomic E-state index is 0.0636. The number of amides is 1. The molecule has 11 heteroatoms. The summed E-state index contributed by atoms with van der Waals surface area (Å²) < 4.78 is 11.0. The molecule has 3 N–H and O–H groups in total. The van der Waals surface area contributed by atoms with Gasteiger partial charge in [-0.15, -0.1) is 0 Å². The second-order valence-electron chi connectivity index (χ2n) is 10.7. The predicted molar refractivity (Wildman–Crippen MR) is 157 cm³/mol. The number of carbonyl (C=O) groups is 1. The Morgan fingerprint density at radius 3 is 2.67 bits per heavy atom. The molecular formula is C31H26N8O3. The summed E-state index contributed by atoms with van der Waals surface area (Å²) >= 11 is 0. The number of imidazole rings is 1. The van der Waals surface area contributed by atoms with Crippen LogP contribution in [0.15, 0.2) is 61.1 Å². The molecule has 0 atom stereocenters. The van der Waals surface area contributed by atoms with E-state index < -0.39 is 0 Å². The average molecular weight is 559 g/mol. The van der Waals surface area contributed by atoms with Gasteiger partial charge in [0.25, 0.3) is 0 Å². The van der Waals surface area contributed by atoms with Gasteiger partial charge in [-0.1, -0.05) is 19.3 Å². The van der Waals surface area contributed by atoms with Crippen LogP contribution in [0.1, 0.15) is 32.1 Å². The summed E-state index contributed by atoms with van der Waals surface area (Å²) in [6.07, 6.45) is 10.5. The van der Waals surface area contributed by atoms with Gasteiger partial charge in [0, 0.05) is 29.4 Å². The number of fused-ring (bicyclic) bond motifs is 3. The van der Waals surface area contributed by atoms with Gasteiger partial charge in [-0.3, -0.25) is 19.9 Å². The molecule has 0 radical (unpaired) electrons. The fourth-order valence-electron chi connectivity index (χ4n) is 5.78. The summed E-state index contributed by atoms with van der Waals surface area (Å²) in [7, 11) is 0. The Kier molecular flexibility index (Phi) is 5.80. The van der Waals surface area contributed by atoms with E-state index in [4.69, 9.17) is 19.4 Å². The third kappa shape index (κ3) is 4.30. The van der Waals surface area contributed by atoms with Gasteiger partial charge in [-0.25, -0.2) is 9.97 Å². The molecule has 208 valence electrons. The van der Waals surface area contributed by atoms with Crippen molar-refractivity contribution >= 4 is 33.7 Å². The number of hydrogen-bond donors (Lipinski definition) is 3. The molecule has 42 heavy (non-hydrogen) atoms. The monoisotopic (exact) mass is 558 g/mol. The number of pyridine rings is 3. The molecule has 11 nitrogen and oxygen atoms in total. The fourth-order valence-corrected chi connectivity index (χ4v) is 5.78. The second kappa shape index (κ2) is 9.95. The first-order chi connectivity index (χ1) is 20.7. The Morgan fingerprint density at radius 1 is 0.857 bits per heavy atom. The molecule has 6 heterocycles. The minimum atomic E-state index is 0.0636. The van der Waals surface area contributed by atoms with Crippen molar-refractivity contribution in [3.8, 4) is 45.5 Å². The third-order valence-electron chi connectivity index (χ3n) is 7.96. The van der Waals surface area contributed by atoms with Gasteiger partial charge < -0.3 is 19.8 Å². The molecule has 1 fully saturated rings. The number of aromatic amines is 2. The zero-order chi connectivity index (χ0) is 28.0. The van der Waals surface area contributed by atoms with Gasteiger partial charge in [0.2, 0.25) is 12.7 Å². The Morgan fingerprint density at radius 2 is 1.74 bits per heavy atom. The van der Waals surface area contributed by atoms with Crippen LogP contribution in [0.4, 0.5) is 5.69 Å². The summed E-state index contributed by atoms with van der Waals surface area (Å²) in [5.41, 5.74) is 7.34. The predicted octanol–water partition coefficient (Wildman–Crippen LogP) is 5.87. The number of carbonyl (C=O) groups excluding carboxylic acids is 1. The van der Waals surface area contributed by atoms with Gasteiger partial charge >= 0.3 is 0 Å². The lowest BCUT2D eigenvalue weighted by Crippen LogP contribution is -2.24. The first-order valence-corrected chi connectivity index (χ1v) is 14.1. The van der Waals surface area contributed by atoms with Crippen LogP contribution < -0.4 is 14.8 Å².